The second-order valence-electron chi connectivity index (χ2n) is 6.45. The molecule has 0 radical (unpaired) electrons. The zero-order chi connectivity index (χ0) is 16.8. The van der Waals surface area contributed by atoms with E-state index in [1.54, 1.807) is 0 Å². The van der Waals surface area contributed by atoms with E-state index in [-0.39, 0.29) is 11.9 Å². The van der Waals surface area contributed by atoms with Gasteiger partial charge < -0.3 is 9.32 Å². The topological polar surface area (TPSA) is 72.4 Å². The Hall–Kier alpha value is -2.63. The lowest BCUT2D eigenvalue weighted by atomic mass is 10.1. The third kappa shape index (κ3) is 2.21. The molecule has 0 aliphatic carbocycles. The molecule has 1 saturated heterocycles. The smallest absolute Gasteiger partial charge is 0.290 e. The average Bonchev–Trinajstić information content (AvgIpc) is 3.25. The standard InChI is InChI=1S/C18H19N3O3/c1-10-6-7-13-11(2)17(23-15(13)9-10)18(22)21-8-4-5-14(21)16-12(3)19-24-20-16/h6-7,9,14H,4-5,8H2,1-3H3. The van der Waals surface area contributed by atoms with E-state index in [9.17, 15) is 4.79 Å². The van der Waals surface area contributed by atoms with Gasteiger partial charge in [0.05, 0.1) is 6.04 Å². The largest absolute Gasteiger partial charge is 0.451 e. The summed E-state index contributed by atoms with van der Waals surface area (Å²) in [6.07, 6.45) is 1.79. The van der Waals surface area contributed by atoms with Crippen LogP contribution in [0.5, 0.6) is 0 Å². The number of carbonyl (C=O) groups excluding carboxylic acids is 1. The summed E-state index contributed by atoms with van der Waals surface area (Å²) in [6, 6.07) is 5.90. The molecular weight excluding hydrogens is 306 g/mol. The Balaban J connectivity index is 1.73. The van der Waals surface area contributed by atoms with Gasteiger partial charge in [0.2, 0.25) is 0 Å². The quantitative estimate of drug-likeness (QED) is 0.718. The minimum Gasteiger partial charge on any atom is -0.451 e. The highest BCUT2D eigenvalue weighted by molar-refractivity contribution is 5.99. The number of hydrogen-bond donors (Lipinski definition) is 0. The summed E-state index contributed by atoms with van der Waals surface area (Å²) in [6.45, 7) is 6.48. The van der Waals surface area contributed by atoms with Crippen molar-refractivity contribution in [1.29, 1.82) is 0 Å². The first-order chi connectivity index (χ1) is 11.6. The Bertz CT molecular complexity index is 925. The lowest BCUT2D eigenvalue weighted by Crippen LogP contribution is -2.31. The molecule has 2 aromatic heterocycles. The number of likely N-dealkylation sites (tertiary alicyclic amines) is 1. The van der Waals surface area contributed by atoms with Crippen molar-refractivity contribution in [2.24, 2.45) is 0 Å². The van der Waals surface area contributed by atoms with Crippen LogP contribution in [-0.2, 0) is 0 Å². The van der Waals surface area contributed by atoms with Crippen LogP contribution in [0.1, 0.15) is 52.0 Å². The number of amides is 1. The highest BCUT2D eigenvalue weighted by Crippen LogP contribution is 2.35. The zero-order valence-electron chi connectivity index (χ0n) is 14.0. The number of aryl methyl sites for hydroxylation is 3. The molecule has 6 heteroatoms. The van der Waals surface area contributed by atoms with Crippen LogP contribution in [0.4, 0.5) is 0 Å². The summed E-state index contributed by atoms with van der Waals surface area (Å²) in [7, 11) is 0. The Morgan fingerprint density at radius 3 is 2.83 bits per heavy atom. The van der Waals surface area contributed by atoms with E-state index in [2.05, 4.69) is 10.3 Å². The summed E-state index contributed by atoms with van der Waals surface area (Å²) in [4.78, 5) is 14.9. The van der Waals surface area contributed by atoms with Gasteiger partial charge in [0, 0.05) is 17.5 Å². The number of furan rings is 1. The van der Waals surface area contributed by atoms with Crippen LogP contribution in [0.3, 0.4) is 0 Å². The van der Waals surface area contributed by atoms with Gasteiger partial charge in [-0.2, -0.15) is 0 Å². The van der Waals surface area contributed by atoms with Crippen molar-refractivity contribution >= 4 is 16.9 Å². The van der Waals surface area contributed by atoms with Crippen molar-refractivity contribution in [1.82, 2.24) is 15.2 Å². The van der Waals surface area contributed by atoms with E-state index in [0.717, 1.165) is 46.3 Å². The molecule has 0 spiro atoms. The van der Waals surface area contributed by atoms with Crippen LogP contribution < -0.4 is 0 Å². The Labute approximate surface area is 139 Å². The van der Waals surface area contributed by atoms with E-state index in [1.165, 1.54) is 0 Å². The number of fused-ring (bicyclic) bond motifs is 1. The van der Waals surface area contributed by atoms with Crippen LogP contribution in [0.25, 0.3) is 11.0 Å². The fourth-order valence-electron chi connectivity index (χ4n) is 3.50. The first-order valence-electron chi connectivity index (χ1n) is 8.16. The Morgan fingerprint density at radius 2 is 2.08 bits per heavy atom. The minimum absolute atomic E-state index is 0.0914. The van der Waals surface area contributed by atoms with Gasteiger partial charge in [0.15, 0.2) is 5.76 Å². The predicted molar refractivity (Wildman–Crippen MR) is 87.7 cm³/mol. The predicted octanol–water partition coefficient (Wildman–Crippen LogP) is 3.72. The molecule has 6 nitrogen and oxygen atoms in total. The Kier molecular flexibility index (Phi) is 3.40. The van der Waals surface area contributed by atoms with Gasteiger partial charge in [0.25, 0.3) is 5.91 Å². The van der Waals surface area contributed by atoms with E-state index in [1.807, 2.05) is 43.9 Å². The molecule has 0 N–H and O–H groups in total. The molecule has 4 rings (SSSR count). The molecular formula is C18H19N3O3. The lowest BCUT2D eigenvalue weighted by Gasteiger charge is -2.22. The van der Waals surface area contributed by atoms with E-state index in [4.69, 9.17) is 9.05 Å². The maximum Gasteiger partial charge on any atom is 0.290 e. The summed E-state index contributed by atoms with van der Waals surface area (Å²) in [5.74, 6) is 0.322. The van der Waals surface area contributed by atoms with Crippen LogP contribution in [0.2, 0.25) is 0 Å². The summed E-state index contributed by atoms with van der Waals surface area (Å²) < 4.78 is 10.7. The summed E-state index contributed by atoms with van der Waals surface area (Å²) in [5, 5.41) is 8.82. The summed E-state index contributed by atoms with van der Waals surface area (Å²) in [5.41, 5.74) is 4.22. The van der Waals surface area contributed by atoms with Gasteiger partial charge in [-0.15, -0.1) is 0 Å². The third-order valence-corrected chi connectivity index (χ3v) is 4.80. The van der Waals surface area contributed by atoms with Crippen LogP contribution in [-0.4, -0.2) is 27.7 Å². The number of rotatable bonds is 2. The molecule has 1 aliphatic heterocycles. The van der Waals surface area contributed by atoms with Crippen LogP contribution in [0.15, 0.2) is 27.2 Å². The highest BCUT2D eigenvalue weighted by atomic mass is 16.6. The van der Waals surface area contributed by atoms with Crippen LogP contribution in [0, 0.1) is 20.8 Å². The van der Waals surface area contributed by atoms with Gasteiger partial charge in [-0.1, -0.05) is 22.4 Å². The molecule has 124 valence electrons. The van der Waals surface area contributed by atoms with E-state index < -0.39 is 0 Å². The molecule has 1 fully saturated rings. The minimum atomic E-state index is -0.0990. The van der Waals surface area contributed by atoms with Gasteiger partial charge in [0.1, 0.15) is 17.0 Å². The summed E-state index contributed by atoms with van der Waals surface area (Å²) >= 11 is 0. The molecule has 1 atom stereocenters. The molecule has 0 saturated carbocycles. The van der Waals surface area contributed by atoms with Crippen molar-refractivity contribution < 1.29 is 13.8 Å². The van der Waals surface area contributed by atoms with Crippen molar-refractivity contribution in [3.8, 4) is 0 Å². The first kappa shape index (κ1) is 14.9. The second kappa shape index (κ2) is 5.47. The highest BCUT2D eigenvalue weighted by Gasteiger charge is 2.36. The lowest BCUT2D eigenvalue weighted by molar-refractivity contribution is 0.0699. The maximum absolute atomic E-state index is 13.1. The van der Waals surface area contributed by atoms with Crippen molar-refractivity contribution in [2.75, 3.05) is 6.54 Å². The van der Waals surface area contributed by atoms with Crippen molar-refractivity contribution in [3.05, 3.63) is 46.5 Å². The van der Waals surface area contributed by atoms with Crippen molar-refractivity contribution in [2.45, 2.75) is 39.7 Å². The second-order valence-corrected chi connectivity index (χ2v) is 6.45. The van der Waals surface area contributed by atoms with Gasteiger partial charge in [-0.25, -0.2) is 4.63 Å². The molecule has 3 aromatic rings. The van der Waals surface area contributed by atoms with Gasteiger partial charge in [-0.3, -0.25) is 4.79 Å². The number of aromatic nitrogens is 2. The number of carbonyl (C=O) groups is 1. The van der Waals surface area contributed by atoms with E-state index in [0.29, 0.717) is 12.3 Å². The Morgan fingerprint density at radius 1 is 1.25 bits per heavy atom. The maximum atomic E-state index is 13.1. The average molecular weight is 325 g/mol. The molecule has 1 amide bonds. The fraction of sp³-hybridized carbons (Fsp3) is 0.389. The van der Waals surface area contributed by atoms with Gasteiger partial charge >= 0.3 is 0 Å². The SMILES string of the molecule is Cc1ccc2c(C)c(C(=O)N3CCCC3c3nonc3C)oc2c1. The molecule has 3 heterocycles. The number of benzene rings is 1. The zero-order valence-corrected chi connectivity index (χ0v) is 14.0. The molecule has 1 aliphatic rings. The number of hydrogen-bond acceptors (Lipinski definition) is 5. The fourth-order valence-corrected chi connectivity index (χ4v) is 3.50. The van der Waals surface area contributed by atoms with E-state index >= 15 is 0 Å². The van der Waals surface area contributed by atoms with Crippen LogP contribution >= 0.6 is 0 Å². The van der Waals surface area contributed by atoms with Gasteiger partial charge in [-0.05, 0) is 45.2 Å². The monoisotopic (exact) mass is 325 g/mol. The molecule has 1 aromatic carbocycles. The first-order valence-corrected chi connectivity index (χ1v) is 8.16. The number of nitrogens with zero attached hydrogens (tertiary/aromatic N) is 3. The molecule has 24 heavy (non-hydrogen) atoms. The molecule has 1 unspecified atom stereocenters. The molecule has 0 bridgehead atoms. The normalized spacial score (nSPS) is 17.8. The van der Waals surface area contributed by atoms with Crippen molar-refractivity contribution in [3.63, 3.8) is 0 Å². The third-order valence-electron chi connectivity index (χ3n) is 4.80.